The average Bonchev–Trinajstić information content (AvgIpc) is 2.83. The van der Waals surface area contributed by atoms with Crippen molar-refractivity contribution in [3.05, 3.63) is 48.2 Å². The number of benzene rings is 1. The minimum Gasteiger partial charge on any atom is -0.474 e. The summed E-state index contributed by atoms with van der Waals surface area (Å²) in [5.41, 5.74) is 8.46. The molecule has 3 aromatic rings. The van der Waals surface area contributed by atoms with Gasteiger partial charge in [0.05, 0.1) is 31.2 Å². The summed E-state index contributed by atoms with van der Waals surface area (Å²) in [7, 11) is 0. The Balaban J connectivity index is 1.38. The van der Waals surface area contributed by atoms with E-state index >= 15 is 4.39 Å². The van der Waals surface area contributed by atoms with E-state index in [1.54, 1.807) is 24.5 Å². The first kappa shape index (κ1) is 22.5. The van der Waals surface area contributed by atoms with Crippen molar-refractivity contribution in [2.24, 2.45) is 4.99 Å². The van der Waals surface area contributed by atoms with Crippen LogP contribution in [0.1, 0.15) is 5.56 Å². The number of anilines is 3. The summed E-state index contributed by atoms with van der Waals surface area (Å²) in [6, 6.07) is 3.41. The molecule has 180 valence electrons. The van der Waals surface area contributed by atoms with Gasteiger partial charge in [0.15, 0.2) is 5.82 Å². The van der Waals surface area contributed by atoms with E-state index < -0.39 is 11.9 Å². The number of ether oxygens (including phenoxy) is 3. The lowest BCUT2D eigenvalue weighted by atomic mass is 9.97. The molecule has 0 spiro atoms. The van der Waals surface area contributed by atoms with Crippen LogP contribution in [0.25, 0.3) is 21.9 Å². The summed E-state index contributed by atoms with van der Waals surface area (Å²) in [6.45, 7) is 4.22. The predicted molar refractivity (Wildman–Crippen MR) is 130 cm³/mol. The Morgan fingerprint density at radius 2 is 2.17 bits per heavy atom. The van der Waals surface area contributed by atoms with Crippen molar-refractivity contribution in [3.63, 3.8) is 0 Å². The summed E-state index contributed by atoms with van der Waals surface area (Å²) in [6.07, 6.45) is 6.52. The Morgan fingerprint density at radius 3 is 2.97 bits per heavy atom. The van der Waals surface area contributed by atoms with Crippen molar-refractivity contribution in [2.75, 3.05) is 42.7 Å². The first-order valence-corrected chi connectivity index (χ1v) is 11.0. The number of nitrogens with two attached hydrogens (primary N) is 1. The first-order chi connectivity index (χ1) is 17.0. The van der Waals surface area contributed by atoms with Gasteiger partial charge in [-0.2, -0.15) is 0 Å². The molecule has 35 heavy (non-hydrogen) atoms. The third kappa shape index (κ3) is 4.58. The van der Waals surface area contributed by atoms with Gasteiger partial charge in [-0.1, -0.05) is 0 Å². The quantitative estimate of drug-likeness (QED) is 0.287. The smallest absolute Gasteiger partial charge is 0.417 e. The van der Waals surface area contributed by atoms with Gasteiger partial charge in [0.25, 0.3) is 0 Å². The second-order valence-electron chi connectivity index (χ2n) is 8.04. The third-order valence-electron chi connectivity index (χ3n) is 5.72. The lowest BCUT2D eigenvalue weighted by Crippen LogP contribution is -2.31. The van der Waals surface area contributed by atoms with Crippen LogP contribution < -0.4 is 21.1 Å². The van der Waals surface area contributed by atoms with Crippen LogP contribution in [0.15, 0.2) is 41.9 Å². The number of carbonyl (C=O) groups is 1. The number of carbonyl (C=O) groups excluding carboxylic acids is 1. The van der Waals surface area contributed by atoms with E-state index in [1.165, 1.54) is 18.5 Å². The minimum atomic E-state index is -0.732. The number of nitrogens with zero attached hydrogens (tertiary/aromatic N) is 3. The number of nitrogens with one attached hydrogen (secondary N) is 2. The zero-order chi connectivity index (χ0) is 24.4. The highest BCUT2D eigenvalue weighted by atomic mass is 19.1. The molecule has 0 aliphatic carbocycles. The SMILES string of the molecule is Cc1c(-c2cc3cc(NC(=O)O/C=C\C=N\C4COC4)ncc3c(N)c2F)cnc2c1NCCO2. The Bertz CT molecular complexity index is 1360. The molecule has 2 aromatic heterocycles. The number of hydrogen-bond donors (Lipinski definition) is 3. The molecule has 4 N–H and O–H groups in total. The molecule has 0 bridgehead atoms. The van der Waals surface area contributed by atoms with E-state index in [0.717, 1.165) is 11.3 Å². The maximum absolute atomic E-state index is 15.3. The van der Waals surface area contributed by atoms with E-state index in [-0.39, 0.29) is 23.1 Å². The van der Waals surface area contributed by atoms with Gasteiger partial charge in [-0.05, 0) is 36.1 Å². The number of pyridine rings is 2. The molecule has 5 rings (SSSR count). The van der Waals surface area contributed by atoms with Crippen molar-refractivity contribution < 1.29 is 23.4 Å². The van der Waals surface area contributed by atoms with Gasteiger partial charge in [-0.25, -0.2) is 19.2 Å². The summed E-state index contributed by atoms with van der Waals surface area (Å²) in [5.74, 6) is 0.142. The second-order valence-corrected chi connectivity index (χ2v) is 8.04. The van der Waals surface area contributed by atoms with E-state index in [9.17, 15) is 4.79 Å². The summed E-state index contributed by atoms with van der Waals surface area (Å²) >= 11 is 0. The summed E-state index contributed by atoms with van der Waals surface area (Å²) in [5, 5.41) is 6.80. The number of fused-ring (bicyclic) bond motifs is 2. The molecular weight excluding hydrogens is 455 g/mol. The van der Waals surface area contributed by atoms with Crippen molar-refractivity contribution in [1.29, 1.82) is 0 Å². The number of hydrogen-bond acceptors (Lipinski definition) is 9. The maximum atomic E-state index is 15.3. The van der Waals surface area contributed by atoms with Crippen LogP contribution in [0.3, 0.4) is 0 Å². The summed E-state index contributed by atoms with van der Waals surface area (Å²) in [4.78, 5) is 24.8. The lowest BCUT2D eigenvalue weighted by Gasteiger charge is -2.22. The average molecular weight is 478 g/mol. The van der Waals surface area contributed by atoms with Crippen LogP contribution in [-0.2, 0) is 9.47 Å². The second kappa shape index (κ2) is 9.55. The highest BCUT2D eigenvalue weighted by Gasteiger charge is 2.21. The highest BCUT2D eigenvalue weighted by molar-refractivity contribution is 5.99. The molecule has 1 saturated heterocycles. The fraction of sp³-hybridized carbons (Fsp3) is 0.250. The van der Waals surface area contributed by atoms with Crippen molar-refractivity contribution >= 4 is 40.3 Å². The van der Waals surface area contributed by atoms with Crippen LogP contribution in [0.4, 0.5) is 26.4 Å². The Hall–Kier alpha value is -4.25. The highest BCUT2D eigenvalue weighted by Crippen LogP contribution is 2.39. The molecule has 0 unspecified atom stereocenters. The number of halogens is 1. The van der Waals surface area contributed by atoms with Gasteiger partial charge in [0.2, 0.25) is 5.88 Å². The fourth-order valence-electron chi connectivity index (χ4n) is 3.81. The standard InChI is InChI=1S/C24H23FN6O4/c1-13-17(9-30-23-22(13)28-4-6-34-23)16-7-14-8-19(29-10-18(14)21(26)20(16)25)31-24(32)35-5-2-3-27-15-11-33-12-15/h2-3,5,7-10,15,28H,4,6,11-12,26H2,1H3,(H,29,31,32)/b5-2-,27-3+. The predicted octanol–water partition coefficient (Wildman–Crippen LogP) is 3.66. The molecule has 1 amide bonds. The van der Waals surface area contributed by atoms with Gasteiger partial charge < -0.3 is 25.3 Å². The molecule has 1 aromatic carbocycles. The fourth-order valence-corrected chi connectivity index (χ4v) is 3.81. The molecule has 11 heteroatoms. The maximum Gasteiger partial charge on any atom is 0.417 e. The Kier molecular flexibility index (Phi) is 6.15. The largest absolute Gasteiger partial charge is 0.474 e. The first-order valence-electron chi connectivity index (χ1n) is 11.0. The number of aliphatic imine (C=N–C) groups is 1. The molecule has 2 aliphatic rings. The monoisotopic (exact) mass is 478 g/mol. The number of rotatable bonds is 5. The van der Waals surface area contributed by atoms with E-state index in [2.05, 4.69) is 25.6 Å². The summed E-state index contributed by atoms with van der Waals surface area (Å²) < 4.78 is 30.8. The van der Waals surface area contributed by atoms with E-state index in [0.29, 0.717) is 48.6 Å². The van der Waals surface area contributed by atoms with Gasteiger partial charge >= 0.3 is 6.09 Å². The molecule has 4 heterocycles. The van der Waals surface area contributed by atoms with Crippen LogP contribution >= 0.6 is 0 Å². The molecular formula is C24H23FN6O4. The van der Waals surface area contributed by atoms with E-state index in [4.69, 9.17) is 19.9 Å². The molecule has 2 aliphatic heterocycles. The molecule has 10 nitrogen and oxygen atoms in total. The third-order valence-corrected chi connectivity index (χ3v) is 5.72. The van der Waals surface area contributed by atoms with Gasteiger partial charge in [-0.15, -0.1) is 0 Å². The zero-order valence-electron chi connectivity index (χ0n) is 18.9. The molecule has 0 saturated carbocycles. The normalized spacial score (nSPS) is 15.5. The minimum absolute atomic E-state index is 0.0421. The molecule has 1 fully saturated rings. The van der Waals surface area contributed by atoms with Crippen LogP contribution in [-0.4, -0.2) is 54.7 Å². The number of allylic oxidation sites excluding steroid dienone is 1. The van der Waals surface area contributed by atoms with Gasteiger partial charge in [0, 0.05) is 41.7 Å². The van der Waals surface area contributed by atoms with Crippen LogP contribution in [0.5, 0.6) is 5.88 Å². The van der Waals surface area contributed by atoms with Crippen molar-refractivity contribution in [3.8, 4) is 17.0 Å². The van der Waals surface area contributed by atoms with Crippen LogP contribution in [0.2, 0.25) is 0 Å². The van der Waals surface area contributed by atoms with Gasteiger partial charge in [-0.3, -0.25) is 10.3 Å². The van der Waals surface area contributed by atoms with Crippen molar-refractivity contribution in [2.45, 2.75) is 13.0 Å². The topological polar surface area (TPSA) is 133 Å². The van der Waals surface area contributed by atoms with Gasteiger partial charge in [0.1, 0.15) is 18.1 Å². The Morgan fingerprint density at radius 1 is 1.31 bits per heavy atom. The number of aromatic nitrogens is 2. The molecule has 0 atom stereocenters. The number of amides is 1. The van der Waals surface area contributed by atoms with Crippen molar-refractivity contribution in [1.82, 2.24) is 9.97 Å². The van der Waals surface area contributed by atoms with Crippen LogP contribution in [0, 0.1) is 12.7 Å². The zero-order valence-corrected chi connectivity index (χ0v) is 18.9. The molecule has 0 radical (unpaired) electrons. The Labute approximate surface area is 200 Å². The van der Waals surface area contributed by atoms with E-state index in [1.807, 2.05) is 6.92 Å². The lowest BCUT2D eigenvalue weighted by molar-refractivity contribution is 0.0135. The number of nitrogen functional groups attached to an aromatic ring is 1.